The minimum atomic E-state index is -0.0748. The van der Waals surface area contributed by atoms with Crippen molar-refractivity contribution < 1.29 is 0 Å². The fourth-order valence-corrected chi connectivity index (χ4v) is 2.32. The molecule has 3 heteroatoms. The second-order valence-electron chi connectivity index (χ2n) is 4.22. The highest BCUT2D eigenvalue weighted by atomic mass is 35.5. The molecule has 2 rings (SSSR count). The van der Waals surface area contributed by atoms with Gasteiger partial charge in [-0.25, -0.2) is 0 Å². The third kappa shape index (κ3) is 1.77. The molecule has 76 valence electrons. The lowest BCUT2D eigenvalue weighted by molar-refractivity contribution is 0.615. The summed E-state index contributed by atoms with van der Waals surface area (Å²) in [4.78, 5) is 0. The molecule has 0 radical (unpaired) electrons. The Kier molecular flexibility index (Phi) is 2.50. The molecule has 0 saturated heterocycles. The first-order valence-electron chi connectivity index (χ1n) is 4.75. The van der Waals surface area contributed by atoms with Crippen LogP contribution in [0.2, 0.25) is 10.0 Å². The Morgan fingerprint density at radius 1 is 1.43 bits per heavy atom. The van der Waals surface area contributed by atoms with Gasteiger partial charge in [0.15, 0.2) is 0 Å². The average molecular weight is 230 g/mol. The minimum absolute atomic E-state index is 0.0748. The molecule has 1 saturated carbocycles. The normalized spacial score (nSPS) is 30.4. The molecule has 1 fully saturated rings. The molecule has 14 heavy (non-hydrogen) atoms. The molecule has 0 bridgehead atoms. The molecule has 2 N–H and O–H groups in total. The summed E-state index contributed by atoms with van der Waals surface area (Å²) in [6.45, 7) is 2.16. The second-order valence-corrected chi connectivity index (χ2v) is 5.03. The van der Waals surface area contributed by atoms with Crippen molar-refractivity contribution in [2.45, 2.75) is 25.3 Å². The lowest BCUT2D eigenvalue weighted by atomic mass is 10.0. The molecule has 1 aromatic carbocycles. The van der Waals surface area contributed by atoms with E-state index in [1.54, 1.807) is 0 Å². The summed E-state index contributed by atoms with van der Waals surface area (Å²) in [5, 5.41) is 1.45. The van der Waals surface area contributed by atoms with Crippen molar-refractivity contribution in [3.63, 3.8) is 0 Å². The van der Waals surface area contributed by atoms with Crippen molar-refractivity contribution in [1.82, 2.24) is 0 Å². The van der Waals surface area contributed by atoms with Crippen LogP contribution in [-0.4, -0.2) is 5.54 Å². The first-order valence-corrected chi connectivity index (χ1v) is 5.50. The zero-order valence-corrected chi connectivity index (χ0v) is 9.57. The Bertz CT molecular complexity index is 344. The molecular weight excluding hydrogens is 217 g/mol. The molecule has 0 amide bonds. The van der Waals surface area contributed by atoms with E-state index in [0.29, 0.717) is 5.92 Å². The first kappa shape index (κ1) is 10.3. The van der Waals surface area contributed by atoms with Gasteiger partial charge in [0.1, 0.15) is 0 Å². The molecule has 0 aromatic heterocycles. The van der Waals surface area contributed by atoms with Crippen LogP contribution in [0.1, 0.15) is 18.9 Å². The van der Waals surface area contributed by atoms with E-state index in [9.17, 15) is 0 Å². The van der Waals surface area contributed by atoms with Crippen LogP contribution in [0.5, 0.6) is 0 Å². The second kappa shape index (κ2) is 3.41. The van der Waals surface area contributed by atoms with E-state index in [1.807, 2.05) is 18.2 Å². The van der Waals surface area contributed by atoms with Crippen LogP contribution in [0.4, 0.5) is 0 Å². The van der Waals surface area contributed by atoms with Crippen molar-refractivity contribution >= 4 is 23.2 Å². The van der Waals surface area contributed by atoms with Crippen molar-refractivity contribution in [2.75, 3.05) is 0 Å². The molecule has 0 spiro atoms. The molecule has 0 aliphatic heterocycles. The summed E-state index contributed by atoms with van der Waals surface area (Å²) >= 11 is 12.1. The van der Waals surface area contributed by atoms with Gasteiger partial charge in [-0.15, -0.1) is 0 Å². The van der Waals surface area contributed by atoms with Crippen molar-refractivity contribution in [3.05, 3.63) is 33.8 Å². The highest BCUT2D eigenvalue weighted by Gasteiger charge is 2.47. The highest BCUT2D eigenvalue weighted by Crippen LogP contribution is 2.44. The van der Waals surface area contributed by atoms with Gasteiger partial charge in [-0.3, -0.25) is 0 Å². The van der Waals surface area contributed by atoms with Gasteiger partial charge in [0.2, 0.25) is 0 Å². The summed E-state index contributed by atoms with van der Waals surface area (Å²) in [7, 11) is 0. The van der Waals surface area contributed by atoms with E-state index in [2.05, 4.69) is 6.92 Å². The average Bonchev–Trinajstić information content (AvgIpc) is 2.68. The number of halogens is 2. The molecular formula is C11H13Cl2N. The Morgan fingerprint density at radius 3 is 2.36 bits per heavy atom. The number of nitrogens with two attached hydrogens (primary N) is 1. The maximum absolute atomic E-state index is 6.14. The number of benzene rings is 1. The maximum atomic E-state index is 6.14. The van der Waals surface area contributed by atoms with E-state index in [1.165, 1.54) is 0 Å². The predicted octanol–water partition coefficient (Wildman–Crippen LogP) is 3.27. The van der Waals surface area contributed by atoms with Gasteiger partial charge in [0.25, 0.3) is 0 Å². The largest absolute Gasteiger partial charge is 0.325 e. The quantitative estimate of drug-likeness (QED) is 0.828. The van der Waals surface area contributed by atoms with Crippen molar-refractivity contribution in [3.8, 4) is 0 Å². The van der Waals surface area contributed by atoms with E-state index in [4.69, 9.17) is 28.9 Å². The molecule has 0 heterocycles. The van der Waals surface area contributed by atoms with Crippen LogP contribution in [0, 0.1) is 5.92 Å². The molecule has 1 aromatic rings. The zero-order valence-electron chi connectivity index (χ0n) is 8.06. The fourth-order valence-electron chi connectivity index (χ4n) is 1.79. The smallest absolute Gasteiger partial charge is 0.0453 e. The van der Waals surface area contributed by atoms with Crippen LogP contribution in [-0.2, 0) is 6.42 Å². The third-order valence-corrected chi connectivity index (χ3v) is 3.78. The predicted molar refractivity (Wildman–Crippen MR) is 60.9 cm³/mol. The van der Waals surface area contributed by atoms with Crippen LogP contribution in [0.15, 0.2) is 18.2 Å². The van der Waals surface area contributed by atoms with Gasteiger partial charge in [-0.2, -0.15) is 0 Å². The lowest BCUT2D eigenvalue weighted by Gasteiger charge is -2.12. The Hall–Kier alpha value is -0.240. The third-order valence-electron chi connectivity index (χ3n) is 3.08. The summed E-state index contributed by atoms with van der Waals surface area (Å²) < 4.78 is 0. The van der Waals surface area contributed by atoms with E-state index in [0.717, 1.165) is 28.5 Å². The minimum Gasteiger partial charge on any atom is -0.325 e. The van der Waals surface area contributed by atoms with Gasteiger partial charge >= 0.3 is 0 Å². The van der Waals surface area contributed by atoms with Gasteiger partial charge in [-0.05, 0) is 36.5 Å². The van der Waals surface area contributed by atoms with Crippen molar-refractivity contribution in [1.29, 1.82) is 0 Å². The van der Waals surface area contributed by atoms with Crippen LogP contribution in [0.3, 0.4) is 0 Å². The zero-order chi connectivity index (χ0) is 10.3. The van der Waals surface area contributed by atoms with E-state index >= 15 is 0 Å². The topological polar surface area (TPSA) is 26.0 Å². The summed E-state index contributed by atoms with van der Waals surface area (Å²) in [5.41, 5.74) is 7.06. The van der Waals surface area contributed by atoms with E-state index < -0.39 is 0 Å². The molecule has 2 atom stereocenters. The SMILES string of the molecule is CC1CC1(N)Cc1c(Cl)cccc1Cl. The van der Waals surface area contributed by atoms with Gasteiger partial charge in [0, 0.05) is 15.6 Å². The summed E-state index contributed by atoms with van der Waals surface area (Å²) in [5.74, 6) is 0.579. The number of hydrogen-bond acceptors (Lipinski definition) is 1. The van der Waals surface area contributed by atoms with Crippen LogP contribution in [0.25, 0.3) is 0 Å². The fraction of sp³-hybridized carbons (Fsp3) is 0.455. The summed E-state index contributed by atoms with van der Waals surface area (Å²) in [6, 6.07) is 5.58. The highest BCUT2D eigenvalue weighted by molar-refractivity contribution is 6.36. The monoisotopic (exact) mass is 229 g/mol. The van der Waals surface area contributed by atoms with Crippen molar-refractivity contribution in [2.24, 2.45) is 11.7 Å². The summed E-state index contributed by atoms with van der Waals surface area (Å²) in [6.07, 6.45) is 1.85. The van der Waals surface area contributed by atoms with Gasteiger partial charge in [-0.1, -0.05) is 36.2 Å². The number of rotatable bonds is 2. The lowest BCUT2D eigenvalue weighted by Crippen LogP contribution is -2.27. The van der Waals surface area contributed by atoms with Crippen LogP contribution >= 0.6 is 23.2 Å². The van der Waals surface area contributed by atoms with Gasteiger partial charge < -0.3 is 5.73 Å². The van der Waals surface area contributed by atoms with E-state index in [-0.39, 0.29) is 5.54 Å². The van der Waals surface area contributed by atoms with Crippen LogP contribution < -0.4 is 5.73 Å². The first-order chi connectivity index (χ1) is 6.53. The Morgan fingerprint density at radius 2 is 1.93 bits per heavy atom. The molecule has 2 unspecified atom stereocenters. The van der Waals surface area contributed by atoms with Gasteiger partial charge in [0.05, 0.1) is 0 Å². The Labute approximate surface area is 94.2 Å². The molecule has 1 aliphatic carbocycles. The molecule has 1 aliphatic rings. The Balaban J connectivity index is 2.25. The number of hydrogen-bond donors (Lipinski definition) is 1. The molecule has 1 nitrogen and oxygen atoms in total. The standard InChI is InChI=1S/C11H13Cl2N/c1-7-5-11(7,14)6-8-9(12)3-2-4-10(8)13/h2-4,7H,5-6,14H2,1H3. The maximum Gasteiger partial charge on any atom is 0.0453 e.